The molecule has 0 N–H and O–H groups in total. The number of fused-ring (bicyclic) bond motifs is 1. The van der Waals surface area contributed by atoms with E-state index < -0.39 is 30.6 Å². The summed E-state index contributed by atoms with van der Waals surface area (Å²) in [6.45, 7) is 3.70. The molecular weight excluding hydrogens is 358 g/mol. The number of carbonyl (C=O) groups excluding carboxylic acids is 2. The Balaban J connectivity index is 1.50. The summed E-state index contributed by atoms with van der Waals surface area (Å²) in [5.41, 5.74) is 0. The van der Waals surface area contributed by atoms with Crippen LogP contribution in [-0.2, 0) is 22.7 Å². The number of hydrogen-bond acceptors (Lipinski definition) is 5. The molecule has 1 saturated carbocycles. The molecule has 3 aliphatic rings. The number of halogens is 2. The van der Waals surface area contributed by atoms with Gasteiger partial charge in [-0.3, -0.25) is 9.59 Å². The molecule has 0 aromatic carbocycles. The average molecular weight is 382 g/mol. The van der Waals surface area contributed by atoms with E-state index in [0.717, 1.165) is 13.1 Å². The van der Waals surface area contributed by atoms with Crippen molar-refractivity contribution < 1.29 is 18.4 Å². The Labute approximate surface area is 156 Å². The van der Waals surface area contributed by atoms with Gasteiger partial charge < -0.3 is 14.7 Å². The van der Waals surface area contributed by atoms with E-state index in [2.05, 4.69) is 15.0 Å². The minimum Gasteiger partial charge on any atom is -0.340 e. The molecule has 1 aromatic heterocycles. The maximum Gasteiger partial charge on any atom is 0.249 e. The lowest BCUT2D eigenvalue weighted by molar-refractivity contribution is -0.161. The molecule has 0 radical (unpaired) electrons. The molecule has 2 aliphatic heterocycles. The first-order valence-electron chi connectivity index (χ1n) is 9.33. The normalized spacial score (nSPS) is 26.3. The molecule has 3 heterocycles. The van der Waals surface area contributed by atoms with E-state index in [1.807, 2.05) is 11.9 Å². The molecule has 0 bridgehead atoms. The van der Waals surface area contributed by atoms with Gasteiger partial charge in [0.2, 0.25) is 17.7 Å². The smallest absolute Gasteiger partial charge is 0.249 e. The molecule has 0 spiro atoms. The second-order valence-electron chi connectivity index (χ2n) is 7.86. The quantitative estimate of drug-likeness (QED) is 0.723. The van der Waals surface area contributed by atoms with Crippen LogP contribution in [0.4, 0.5) is 8.78 Å². The lowest BCUT2D eigenvalue weighted by Gasteiger charge is -2.38. The Bertz CT molecular complexity index is 723. The monoisotopic (exact) mass is 382 g/mol. The van der Waals surface area contributed by atoms with Gasteiger partial charge in [-0.05, 0) is 7.05 Å². The van der Waals surface area contributed by atoms with Crippen molar-refractivity contribution >= 4 is 11.8 Å². The van der Waals surface area contributed by atoms with E-state index in [1.54, 1.807) is 4.68 Å². The topological polar surface area (TPSA) is 74.6 Å². The zero-order chi connectivity index (χ0) is 19.2. The minimum absolute atomic E-state index is 0.0109. The Morgan fingerprint density at radius 1 is 1.04 bits per heavy atom. The Morgan fingerprint density at radius 3 is 2.37 bits per heavy atom. The lowest BCUT2D eigenvalue weighted by Crippen LogP contribution is -2.52. The fourth-order valence-electron chi connectivity index (χ4n) is 4.03. The summed E-state index contributed by atoms with van der Waals surface area (Å²) in [5.74, 6) is -3.60. The van der Waals surface area contributed by atoms with Crippen LogP contribution in [0.15, 0.2) is 6.33 Å². The number of carbonyl (C=O) groups is 2. The van der Waals surface area contributed by atoms with Gasteiger partial charge in [-0.1, -0.05) is 0 Å². The standard InChI is InChI=1S/C17H24F2N6O2/c1-22-2-4-23(5-3-22)16(27)13-8-24(10-14-20-11-21-25(14)9-13)15(26)12-6-17(18,19)7-12/h11-13H,2-10H2,1H3. The van der Waals surface area contributed by atoms with Crippen molar-refractivity contribution in [1.82, 2.24) is 29.5 Å². The molecule has 4 rings (SSSR count). The predicted molar refractivity (Wildman–Crippen MR) is 90.7 cm³/mol. The van der Waals surface area contributed by atoms with Gasteiger partial charge in [0.05, 0.1) is 19.0 Å². The summed E-state index contributed by atoms with van der Waals surface area (Å²) in [7, 11) is 2.02. The van der Waals surface area contributed by atoms with Gasteiger partial charge in [0.1, 0.15) is 12.2 Å². The minimum atomic E-state index is -2.75. The molecule has 2 amide bonds. The van der Waals surface area contributed by atoms with Crippen LogP contribution in [0.25, 0.3) is 0 Å². The summed E-state index contributed by atoms with van der Waals surface area (Å²) in [6.07, 6.45) is 0.580. The molecule has 1 saturated heterocycles. The molecule has 2 fully saturated rings. The number of piperazine rings is 1. The van der Waals surface area contributed by atoms with Crippen LogP contribution in [0, 0.1) is 11.8 Å². The van der Waals surface area contributed by atoms with Gasteiger partial charge in [-0.25, -0.2) is 18.4 Å². The summed E-state index contributed by atoms with van der Waals surface area (Å²) < 4.78 is 28.1. The van der Waals surface area contributed by atoms with E-state index in [1.165, 1.54) is 11.2 Å². The van der Waals surface area contributed by atoms with Crippen LogP contribution in [0.5, 0.6) is 0 Å². The fraction of sp³-hybridized carbons (Fsp3) is 0.765. The number of alkyl halides is 2. The van der Waals surface area contributed by atoms with Crippen molar-refractivity contribution in [3.8, 4) is 0 Å². The van der Waals surface area contributed by atoms with E-state index >= 15 is 0 Å². The van der Waals surface area contributed by atoms with Crippen molar-refractivity contribution in [2.45, 2.75) is 31.9 Å². The average Bonchev–Trinajstić information content (AvgIpc) is 2.96. The SMILES string of the molecule is CN1CCN(C(=O)C2CN(C(=O)C3CC(F)(F)C3)Cc3ncnn3C2)CC1. The summed E-state index contributed by atoms with van der Waals surface area (Å²) in [6, 6.07) is 0. The van der Waals surface area contributed by atoms with E-state index in [9.17, 15) is 18.4 Å². The zero-order valence-corrected chi connectivity index (χ0v) is 15.4. The molecule has 148 valence electrons. The largest absolute Gasteiger partial charge is 0.340 e. The molecule has 1 atom stereocenters. The third kappa shape index (κ3) is 3.67. The molecule has 10 heteroatoms. The van der Waals surface area contributed by atoms with Gasteiger partial charge in [0, 0.05) is 51.5 Å². The third-order valence-corrected chi connectivity index (χ3v) is 5.78. The first kappa shape index (κ1) is 18.3. The number of hydrogen-bond donors (Lipinski definition) is 0. The van der Waals surface area contributed by atoms with Crippen molar-refractivity contribution in [2.24, 2.45) is 11.8 Å². The number of likely N-dealkylation sites (N-methyl/N-ethyl adjacent to an activating group) is 1. The number of nitrogens with zero attached hydrogens (tertiary/aromatic N) is 6. The van der Waals surface area contributed by atoms with Gasteiger partial charge in [-0.15, -0.1) is 0 Å². The second-order valence-corrected chi connectivity index (χ2v) is 7.86. The second kappa shape index (κ2) is 6.81. The first-order chi connectivity index (χ1) is 12.8. The lowest BCUT2D eigenvalue weighted by atomic mass is 9.80. The van der Waals surface area contributed by atoms with E-state index in [-0.39, 0.29) is 24.9 Å². The Morgan fingerprint density at radius 2 is 1.70 bits per heavy atom. The zero-order valence-electron chi connectivity index (χ0n) is 15.4. The highest BCUT2D eigenvalue weighted by Crippen LogP contribution is 2.43. The van der Waals surface area contributed by atoms with Crippen molar-refractivity contribution in [3.05, 3.63) is 12.2 Å². The summed E-state index contributed by atoms with van der Waals surface area (Å²) in [4.78, 5) is 35.5. The Kier molecular flexibility index (Phi) is 4.61. The predicted octanol–water partition coefficient (Wildman–Crippen LogP) is 0.0558. The highest BCUT2D eigenvalue weighted by molar-refractivity contribution is 5.83. The van der Waals surface area contributed by atoms with Crippen LogP contribution < -0.4 is 0 Å². The third-order valence-electron chi connectivity index (χ3n) is 5.78. The molecular formula is C17H24F2N6O2. The van der Waals surface area contributed by atoms with Crippen LogP contribution in [0.1, 0.15) is 18.7 Å². The molecule has 1 unspecified atom stereocenters. The van der Waals surface area contributed by atoms with Crippen molar-refractivity contribution in [1.29, 1.82) is 0 Å². The molecule has 1 aliphatic carbocycles. The van der Waals surface area contributed by atoms with Crippen molar-refractivity contribution in [3.63, 3.8) is 0 Å². The van der Waals surface area contributed by atoms with Gasteiger partial charge in [0.25, 0.3) is 0 Å². The van der Waals surface area contributed by atoms with Gasteiger partial charge in [0.15, 0.2) is 0 Å². The first-order valence-corrected chi connectivity index (χ1v) is 9.33. The number of amides is 2. The molecule has 27 heavy (non-hydrogen) atoms. The number of aromatic nitrogens is 3. The Hall–Kier alpha value is -2.10. The van der Waals surface area contributed by atoms with Crippen LogP contribution in [0.2, 0.25) is 0 Å². The highest BCUT2D eigenvalue weighted by atomic mass is 19.3. The van der Waals surface area contributed by atoms with Crippen LogP contribution >= 0.6 is 0 Å². The van der Waals surface area contributed by atoms with E-state index in [4.69, 9.17) is 0 Å². The van der Waals surface area contributed by atoms with Gasteiger partial charge in [-0.2, -0.15) is 5.10 Å². The van der Waals surface area contributed by atoms with Crippen molar-refractivity contribution in [2.75, 3.05) is 39.8 Å². The van der Waals surface area contributed by atoms with Crippen LogP contribution in [0.3, 0.4) is 0 Å². The highest BCUT2D eigenvalue weighted by Gasteiger charge is 2.50. The van der Waals surface area contributed by atoms with Crippen LogP contribution in [-0.4, -0.2) is 87.0 Å². The summed E-state index contributed by atoms with van der Waals surface area (Å²) in [5, 5.41) is 4.17. The fourth-order valence-corrected chi connectivity index (χ4v) is 4.03. The van der Waals surface area contributed by atoms with E-state index in [0.29, 0.717) is 25.5 Å². The number of rotatable bonds is 2. The maximum atomic E-state index is 13.2. The molecule has 8 nitrogen and oxygen atoms in total. The summed E-state index contributed by atoms with van der Waals surface area (Å²) >= 11 is 0. The maximum absolute atomic E-state index is 13.2. The molecule has 1 aromatic rings. The van der Waals surface area contributed by atoms with Gasteiger partial charge >= 0.3 is 0 Å².